The molecule has 3 saturated heterocycles. The van der Waals surface area contributed by atoms with Crippen molar-refractivity contribution in [3.8, 4) is 5.75 Å². The number of fused-ring (bicyclic) bond motifs is 2. The van der Waals surface area contributed by atoms with Gasteiger partial charge in [0.25, 0.3) is 0 Å². The average Bonchev–Trinajstić information content (AvgIpc) is 3.60. The summed E-state index contributed by atoms with van der Waals surface area (Å²) in [6.07, 6.45) is 7.33. The number of hydrogen-bond acceptors (Lipinski definition) is 11. The number of likely N-dealkylation sites (tertiary alicyclic amines) is 2. The maximum Gasteiger partial charge on any atom is 0.229 e. The molecule has 5 heterocycles. The van der Waals surface area contributed by atoms with Crippen LogP contribution in [-0.2, 0) is 4.57 Å². The van der Waals surface area contributed by atoms with Gasteiger partial charge < -0.3 is 29.7 Å². The number of rotatable bonds is 8. The largest absolute Gasteiger partial charge is 0.494 e. The lowest BCUT2D eigenvalue weighted by atomic mass is 10.0. The van der Waals surface area contributed by atoms with Gasteiger partial charge in [0.05, 0.1) is 33.8 Å². The number of ether oxygens (including phenoxy) is 1. The molecule has 7 rings (SSSR count). The van der Waals surface area contributed by atoms with Gasteiger partial charge >= 0.3 is 0 Å². The van der Waals surface area contributed by atoms with Crippen molar-refractivity contribution >= 4 is 68.2 Å². The number of anilines is 5. The van der Waals surface area contributed by atoms with E-state index in [1.165, 1.54) is 50.3 Å². The zero-order valence-electron chi connectivity index (χ0n) is 27.7. The van der Waals surface area contributed by atoms with E-state index in [2.05, 4.69) is 82.3 Å². The van der Waals surface area contributed by atoms with Gasteiger partial charge in [-0.05, 0) is 91.7 Å². The van der Waals surface area contributed by atoms with Crippen molar-refractivity contribution in [2.75, 3.05) is 82.3 Å². The van der Waals surface area contributed by atoms with Gasteiger partial charge in [-0.1, -0.05) is 0 Å². The molecule has 2 N–H and O–H groups in total. The van der Waals surface area contributed by atoms with Crippen molar-refractivity contribution in [1.29, 1.82) is 0 Å². The van der Waals surface area contributed by atoms with Crippen LogP contribution in [0.15, 0.2) is 47.3 Å². The third-order valence-electron chi connectivity index (χ3n) is 9.93. The summed E-state index contributed by atoms with van der Waals surface area (Å²) in [7, 11) is 1.22. The van der Waals surface area contributed by atoms with E-state index in [4.69, 9.17) is 9.72 Å². The lowest BCUT2D eigenvalue weighted by Gasteiger charge is -2.39. The molecule has 3 fully saturated rings. The Kier molecular flexibility index (Phi) is 8.89. The van der Waals surface area contributed by atoms with Gasteiger partial charge in [-0.3, -0.25) is 14.9 Å². The third kappa shape index (κ3) is 6.57. The zero-order valence-corrected chi connectivity index (χ0v) is 30.2. The molecular formula is C34H43BrN9O2P. The van der Waals surface area contributed by atoms with Crippen LogP contribution in [0, 0.1) is 18.8 Å². The molecule has 0 amide bonds. The Hall–Kier alpha value is -3.31. The molecule has 248 valence electrons. The van der Waals surface area contributed by atoms with Gasteiger partial charge in [-0.2, -0.15) is 4.98 Å². The number of piperidine rings is 1. The van der Waals surface area contributed by atoms with Gasteiger partial charge in [-0.15, -0.1) is 0 Å². The first-order chi connectivity index (χ1) is 22.6. The highest BCUT2D eigenvalue weighted by molar-refractivity contribution is 9.10. The second-order valence-electron chi connectivity index (χ2n) is 13.6. The number of aryl methyl sites for hydroxylation is 1. The number of hydrogen-bond donors (Lipinski definition) is 2. The van der Waals surface area contributed by atoms with E-state index >= 15 is 0 Å². The fourth-order valence-corrected chi connectivity index (χ4v) is 9.43. The third-order valence-corrected chi connectivity index (χ3v) is 12.0. The van der Waals surface area contributed by atoms with Crippen molar-refractivity contribution in [1.82, 2.24) is 29.7 Å². The fourth-order valence-electron chi connectivity index (χ4n) is 7.75. The summed E-state index contributed by atoms with van der Waals surface area (Å²) in [6, 6.07) is 8.67. The molecule has 47 heavy (non-hydrogen) atoms. The van der Waals surface area contributed by atoms with Gasteiger partial charge in [0, 0.05) is 75.7 Å². The molecular weight excluding hydrogens is 677 g/mol. The quantitative estimate of drug-likeness (QED) is 0.219. The molecule has 4 aromatic rings. The molecule has 0 saturated carbocycles. The fraction of sp³-hybridized carbons (Fsp3) is 0.471. The molecule has 2 aromatic heterocycles. The number of nitrogens with zero attached hydrogens (tertiary/aromatic N) is 7. The first-order valence-electron chi connectivity index (χ1n) is 16.3. The summed E-state index contributed by atoms with van der Waals surface area (Å²) < 4.78 is 20.0. The van der Waals surface area contributed by atoms with E-state index in [0.29, 0.717) is 44.3 Å². The van der Waals surface area contributed by atoms with Crippen molar-refractivity contribution in [3.05, 3.63) is 52.9 Å². The molecule has 13 heteroatoms. The van der Waals surface area contributed by atoms with E-state index in [1.54, 1.807) is 39.0 Å². The van der Waals surface area contributed by atoms with E-state index in [-0.39, 0.29) is 0 Å². The maximum atomic E-state index is 13.4. The molecule has 0 aliphatic carbocycles. The highest BCUT2D eigenvalue weighted by Gasteiger charge is 2.41. The normalized spacial score (nSPS) is 20.9. The molecule has 2 aromatic carbocycles. The Morgan fingerprint density at radius 2 is 1.68 bits per heavy atom. The minimum Gasteiger partial charge on any atom is -0.494 e. The Morgan fingerprint density at radius 3 is 2.38 bits per heavy atom. The Balaban J connectivity index is 1.07. The number of aromatic nitrogens is 4. The Labute approximate surface area is 285 Å². The van der Waals surface area contributed by atoms with E-state index in [0.717, 1.165) is 36.4 Å². The van der Waals surface area contributed by atoms with E-state index in [9.17, 15) is 4.57 Å². The monoisotopic (exact) mass is 719 g/mol. The van der Waals surface area contributed by atoms with Gasteiger partial charge in [-0.25, -0.2) is 4.98 Å². The second-order valence-corrected chi connectivity index (χ2v) is 17.6. The Morgan fingerprint density at radius 1 is 0.957 bits per heavy atom. The first kappa shape index (κ1) is 32.2. The van der Waals surface area contributed by atoms with Crippen LogP contribution in [0.4, 0.5) is 28.8 Å². The predicted molar refractivity (Wildman–Crippen MR) is 194 cm³/mol. The van der Waals surface area contributed by atoms with Crippen LogP contribution in [0.25, 0.3) is 11.0 Å². The van der Waals surface area contributed by atoms with Crippen LogP contribution in [-0.4, -0.2) is 103 Å². The molecule has 3 aliphatic heterocycles. The number of methoxy groups -OCH3 is 1. The minimum absolute atomic E-state index is 0.404. The van der Waals surface area contributed by atoms with Crippen molar-refractivity contribution in [2.24, 2.45) is 11.8 Å². The van der Waals surface area contributed by atoms with Gasteiger partial charge in [0.15, 0.2) is 0 Å². The van der Waals surface area contributed by atoms with Crippen molar-refractivity contribution in [2.45, 2.75) is 25.8 Å². The number of halogens is 1. The average molecular weight is 721 g/mol. The number of benzene rings is 2. The summed E-state index contributed by atoms with van der Waals surface area (Å²) in [5.74, 6) is 3.37. The summed E-state index contributed by atoms with van der Waals surface area (Å²) in [5.41, 5.74) is 5.14. The molecule has 2 unspecified atom stereocenters. The highest BCUT2D eigenvalue weighted by atomic mass is 79.9. The van der Waals surface area contributed by atoms with Crippen LogP contribution < -0.4 is 25.6 Å². The van der Waals surface area contributed by atoms with Crippen LogP contribution in [0.5, 0.6) is 5.75 Å². The molecule has 3 aliphatic rings. The molecule has 0 radical (unpaired) electrons. The summed E-state index contributed by atoms with van der Waals surface area (Å²) in [5, 5.41) is 7.38. The van der Waals surface area contributed by atoms with Crippen molar-refractivity contribution in [3.63, 3.8) is 0 Å². The highest BCUT2D eigenvalue weighted by Crippen LogP contribution is 2.42. The standard InChI is InChI=1S/C34H43BrN9O2P/c1-21-14-28(30(46-3)15-29(21)43-12-8-24(9-13-43)44-19-22-17-42(2)18-23(22)20-44)40-34-38-16-25(35)33(41-34)39-27-7-6-26-31(37-11-10-36-26)32(27)47(4,5)45/h6-7,10-11,14-16,22-24H,8-9,12-13,17-20H2,1-5H3,(H2,38,39,40,41). The summed E-state index contributed by atoms with van der Waals surface area (Å²) >= 11 is 3.58. The smallest absolute Gasteiger partial charge is 0.229 e. The first-order valence-corrected chi connectivity index (χ1v) is 19.7. The summed E-state index contributed by atoms with van der Waals surface area (Å²) in [6.45, 7) is 12.7. The van der Waals surface area contributed by atoms with Crippen LogP contribution in [0.1, 0.15) is 18.4 Å². The molecule has 2 atom stereocenters. The van der Waals surface area contributed by atoms with Crippen LogP contribution >= 0.6 is 23.1 Å². The van der Waals surface area contributed by atoms with Crippen LogP contribution in [0.3, 0.4) is 0 Å². The topological polar surface area (TPSA) is 112 Å². The lowest BCUT2D eigenvalue weighted by Crippen LogP contribution is -2.45. The molecule has 11 nitrogen and oxygen atoms in total. The molecule has 0 spiro atoms. The van der Waals surface area contributed by atoms with Gasteiger partial charge in [0.2, 0.25) is 5.95 Å². The predicted octanol–water partition coefficient (Wildman–Crippen LogP) is 5.70. The van der Waals surface area contributed by atoms with Crippen molar-refractivity contribution < 1.29 is 9.30 Å². The SMILES string of the molecule is COc1cc(N2CCC(N3CC4CN(C)CC4C3)CC2)c(C)cc1Nc1ncc(Br)c(Nc2ccc3nccnc3c2P(C)(C)=O)n1. The zero-order chi connectivity index (χ0) is 32.9. The second kappa shape index (κ2) is 13.0. The van der Waals surface area contributed by atoms with E-state index < -0.39 is 7.14 Å². The number of nitrogens with one attached hydrogen (secondary N) is 2. The van der Waals surface area contributed by atoms with E-state index in [1.807, 2.05) is 12.1 Å². The minimum atomic E-state index is -2.73. The lowest BCUT2D eigenvalue weighted by molar-refractivity contribution is 0.184. The van der Waals surface area contributed by atoms with Crippen LogP contribution in [0.2, 0.25) is 0 Å². The Bertz CT molecular complexity index is 1830. The summed E-state index contributed by atoms with van der Waals surface area (Å²) in [4.78, 5) is 26.0. The molecule has 0 bridgehead atoms. The van der Waals surface area contributed by atoms with Gasteiger partial charge in [0.1, 0.15) is 24.2 Å². The maximum absolute atomic E-state index is 13.4.